The first-order valence-electron chi connectivity index (χ1n) is 10.5. The maximum absolute atomic E-state index is 6.22. The minimum Gasteiger partial charge on any atom is -0.314 e. The number of hydrogen-bond donors (Lipinski definition) is 1. The lowest BCUT2D eigenvalue weighted by atomic mass is 9.78. The van der Waals surface area contributed by atoms with Crippen LogP contribution in [0, 0.1) is 3.70 Å². The van der Waals surface area contributed by atoms with Crippen molar-refractivity contribution in [3.63, 3.8) is 0 Å². The summed E-state index contributed by atoms with van der Waals surface area (Å²) in [5.41, 5.74) is 0.947. The molecule has 2 aliphatic heterocycles. The fourth-order valence-electron chi connectivity index (χ4n) is 4.33. The average Bonchev–Trinajstić information content (AvgIpc) is 3.01. The molecular weight excluding hydrogens is 501 g/mol. The third-order valence-electron chi connectivity index (χ3n) is 6.37. The molecule has 1 N–H and O–H groups in total. The molecule has 2 aromatic heterocycles. The van der Waals surface area contributed by atoms with Gasteiger partial charge in [-0.15, -0.1) is 0 Å². The highest BCUT2D eigenvalue weighted by atomic mass is 127. The molecule has 0 radical (unpaired) electrons. The second-order valence-electron chi connectivity index (χ2n) is 8.41. The number of aromatic nitrogens is 3. The number of rotatable bonds is 2. The predicted octanol–water partition coefficient (Wildman–Crippen LogP) is 2.00. The average molecular weight is 532 g/mol. The molecule has 5 rings (SSSR count). The smallest absolute Gasteiger partial charge is 0.155 e. The number of fused-ring (bicyclic) bond motifs is 1. The topological polar surface area (TPSA) is 51.9 Å². The van der Waals surface area contributed by atoms with Crippen LogP contribution in [0.4, 0.5) is 0 Å². The van der Waals surface area contributed by atoms with Crippen LogP contribution in [0.15, 0.2) is 12.4 Å². The standard InChI is InChI=1S/C15H19ClIN5.C5H12N2/c1-20-4-6-21(7-5-20)11-8-10(9-11)15-19-14(17)12-13(16)18-2-3-22(12)15;1-7-4-2-6-3-5-7/h2-3,10-11H,4-9H2,1H3;6H,2-5H2,1H3. The first kappa shape index (κ1) is 21.7. The molecule has 0 bridgehead atoms. The van der Waals surface area contributed by atoms with Crippen molar-refractivity contribution in [3.05, 3.63) is 27.1 Å². The van der Waals surface area contributed by atoms with Crippen molar-refractivity contribution in [2.75, 3.05) is 66.5 Å². The van der Waals surface area contributed by atoms with Crippen molar-refractivity contribution in [2.24, 2.45) is 0 Å². The number of hydrogen-bond acceptors (Lipinski definition) is 6. The fraction of sp³-hybridized carbons (Fsp3) is 0.700. The molecule has 3 aliphatic rings. The van der Waals surface area contributed by atoms with Crippen molar-refractivity contribution in [1.82, 2.24) is 34.4 Å². The van der Waals surface area contributed by atoms with Gasteiger partial charge in [-0.1, -0.05) is 11.6 Å². The van der Waals surface area contributed by atoms with Crippen LogP contribution in [-0.2, 0) is 0 Å². The van der Waals surface area contributed by atoms with Gasteiger partial charge in [-0.3, -0.25) is 9.30 Å². The van der Waals surface area contributed by atoms with Crippen molar-refractivity contribution in [3.8, 4) is 0 Å². The second kappa shape index (κ2) is 9.74. The molecule has 2 saturated heterocycles. The van der Waals surface area contributed by atoms with Gasteiger partial charge in [0.05, 0.1) is 0 Å². The van der Waals surface area contributed by atoms with E-state index in [1.54, 1.807) is 6.20 Å². The lowest BCUT2D eigenvalue weighted by molar-refractivity contribution is 0.0586. The Bertz CT molecular complexity index is 809. The molecule has 2 aromatic rings. The van der Waals surface area contributed by atoms with Crippen molar-refractivity contribution in [2.45, 2.75) is 24.8 Å². The molecule has 0 spiro atoms. The first-order chi connectivity index (χ1) is 14.0. The highest BCUT2D eigenvalue weighted by Crippen LogP contribution is 2.40. The summed E-state index contributed by atoms with van der Waals surface area (Å²) in [5.74, 6) is 1.69. The summed E-state index contributed by atoms with van der Waals surface area (Å²) in [7, 11) is 4.36. The van der Waals surface area contributed by atoms with Crippen molar-refractivity contribution >= 4 is 39.7 Å². The van der Waals surface area contributed by atoms with Gasteiger partial charge in [0.2, 0.25) is 0 Å². The van der Waals surface area contributed by atoms with Crippen molar-refractivity contribution in [1.29, 1.82) is 0 Å². The molecule has 0 unspecified atom stereocenters. The van der Waals surface area contributed by atoms with E-state index in [4.69, 9.17) is 16.6 Å². The van der Waals surface area contributed by atoms with Crippen molar-refractivity contribution < 1.29 is 0 Å². The quantitative estimate of drug-likeness (QED) is 0.599. The number of halogens is 2. The minimum atomic E-state index is 0.541. The van der Waals surface area contributed by atoms with E-state index < -0.39 is 0 Å². The summed E-state index contributed by atoms with van der Waals surface area (Å²) in [6.07, 6.45) is 6.15. The largest absolute Gasteiger partial charge is 0.314 e. The maximum Gasteiger partial charge on any atom is 0.155 e. The number of nitrogens with one attached hydrogen (secondary N) is 1. The van der Waals surface area contributed by atoms with Gasteiger partial charge in [-0.2, -0.15) is 0 Å². The first-order valence-corrected chi connectivity index (χ1v) is 12.0. The molecular formula is C20H31ClIN7. The Balaban J connectivity index is 0.000000249. The molecule has 3 fully saturated rings. The van der Waals surface area contributed by atoms with E-state index in [-0.39, 0.29) is 0 Å². The fourth-order valence-corrected chi connectivity index (χ4v) is 5.49. The summed E-state index contributed by atoms with van der Waals surface area (Å²) < 4.78 is 3.08. The summed E-state index contributed by atoms with van der Waals surface area (Å²) in [4.78, 5) is 16.3. The summed E-state index contributed by atoms with van der Waals surface area (Å²) in [6, 6.07) is 0.723. The van der Waals surface area contributed by atoms with Gasteiger partial charge < -0.3 is 15.1 Å². The Morgan fingerprint density at radius 1 is 1.03 bits per heavy atom. The van der Waals surface area contributed by atoms with Gasteiger partial charge in [0.25, 0.3) is 0 Å². The van der Waals surface area contributed by atoms with E-state index in [0.29, 0.717) is 11.1 Å². The summed E-state index contributed by atoms with van der Waals surface area (Å²) in [6.45, 7) is 9.51. The van der Waals surface area contributed by atoms with Gasteiger partial charge in [-0.05, 0) is 49.5 Å². The number of imidazole rings is 1. The van der Waals surface area contributed by atoms with E-state index in [1.165, 1.54) is 52.1 Å². The van der Waals surface area contributed by atoms with Crippen LogP contribution in [0.5, 0.6) is 0 Å². The molecule has 0 amide bonds. The third kappa shape index (κ3) is 5.04. The Labute approximate surface area is 191 Å². The van der Waals surface area contributed by atoms with Crippen LogP contribution < -0.4 is 5.32 Å². The zero-order valence-electron chi connectivity index (χ0n) is 17.3. The van der Waals surface area contributed by atoms with Gasteiger partial charge in [-0.25, -0.2) is 9.97 Å². The summed E-state index contributed by atoms with van der Waals surface area (Å²) in [5, 5.41) is 3.82. The van der Waals surface area contributed by atoms with E-state index >= 15 is 0 Å². The van der Waals surface area contributed by atoms with Crippen LogP contribution in [0.1, 0.15) is 24.6 Å². The molecule has 1 aliphatic carbocycles. The Hall–Kier alpha value is -0.520. The number of likely N-dealkylation sites (N-methyl/N-ethyl adjacent to an activating group) is 2. The molecule has 29 heavy (non-hydrogen) atoms. The minimum absolute atomic E-state index is 0.541. The highest BCUT2D eigenvalue weighted by molar-refractivity contribution is 14.1. The van der Waals surface area contributed by atoms with Gasteiger partial charge in [0, 0.05) is 76.7 Å². The van der Waals surface area contributed by atoms with Crippen LogP contribution in [0.3, 0.4) is 0 Å². The van der Waals surface area contributed by atoms with Gasteiger partial charge in [0.1, 0.15) is 15.0 Å². The number of piperazine rings is 2. The van der Waals surface area contributed by atoms with Gasteiger partial charge in [0.15, 0.2) is 5.15 Å². The Morgan fingerprint density at radius 2 is 1.69 bits per heavy atom. The number of nitrogens with zero attached hydrogens (tertiary/aromatic N) is 6. The molecule has 9 heteroatoms. The molecule has 0 aromatic carbocycles. The zero-order chi connectivity index (χ0) is 20.4. The zero-order valence-corrected chi connectivity index (χ0v) is 20.2. The van der Waals surface area contributed by atoms with E-state index in [0.717, 1.165) is 34.2 Å². The molecule has 7 nitrogen and oxygen atoms in total. The Morgan fingerprint density at radius 3 is 2.31 bits per heavy atom. The molecule has 0 atom stereocenters. The lowest BCUT2D eigenvalue weighted by Crippen LogP contribution is -2.52. The van der Waals surface area contributed by atoms with E-state index in [2.05, 4.69) is 66.1 Å². The van der Waals surface area contributed by atoms with E-state index in [9.17, 15) is 0 Å². The molecule has 160 valence electrons. The molecule has 4 heterocycles. The van der Waals surface area contributed by atoms with Crippen LogP contribution in [-0.4, -0.2) is 102 Å². The highest BCUT2D eigenvalue weighted by Gasteiger charge is 2.38. The van der Waals surface area contributed by atoms with Crippen LogP contribution >= 0.6 is 34.2 Å². The van der Waals surface area contributed by atoms with Crippen LogP contribution in [0.2, 0.25) is 5.15 Å². The normalized spacial score (nSPS) is 26.8. The second-order valence-corrected chi connectivity index (χ2v) is 9.79. The van der Waals surface area contributed by atoms with E-state index in [1.807, 2.05) is 6.20 Å². The lowest BCUT2D eigenvalue weighted by Gasteiger charge is -2.45. The third-order valence-corrected chi connectivity index (χ3v) is 7.40. The van der Waals surface area contributed by atoms with Crippen LogP contribution in [0.25, 0.3) is 5.52 Å². The summed E-state index contributed by atoms with van der Waals surface area (Å²) >= 11 is 8.47. The monoisotopic (exact) mass is 531 g/mol. The predicted molar refractivity (Wildman–Crippen MR) is 126 cm³/mol. The van der Waals surface area contributed by atoms with Gasteiger partial charge >= 0.3 is 0 Å². The maximum atomic E-state index is 6.22. The SMILES string of the molecule is CN1CCN(C2CC(c3nc(I)c4c(Cl)nccn34)C2)CC1.CN1CCNCC1. The Kier molecular flexibility index (Phi) is 7.29. The molecule has 1 saturated carbocycles.